The first-order valence-corrected chi connectivity index (χ1v) is 7.02. The third kappa shape index (κ3) is 3.40. The molecule has 0 N–H and O–H groups in total. The number of thioether (sulfide) groups is 2. The normalized spacial score (nSPS) is 10.9. The minimum absolute atomic E-state index is 0.0566. The van der Waals surface area contributed by atoms with E-state index in [0.717, 1.165) is 12.3 Å². The Hall–Kier alpha value is -1.20. The average molecular weight is 291 g/mol. The zero-order valence-electron chi connectivity index (χ0n) is 9.45. The maximum absolute atomic E-state index is 12.5. The van der Waals surface area contributed by atoms with Gasteiger partial charge in [-0.3, -0.25) is 0 Å². The smallest absolute Gasteiger partial charge is 0.236 e. The molecule has 0 radical (unpaired) electrons. The Balaban J connectivity index is 3.34. The van der Waals surface area contributed by atoms with Crippen molar-refractivity contribution in [3.05, 3.63) is 28.0 Å². The molecule has 0 saturated carbocycles. The van der Waals surface area contributed by atoms with Gasteiger partial charge in [0.15, 0.2) is 5.82 Å². The van der Waals surface area contributed by atoms with Crippen LogP contribution in [0.25, 0.3) is 5.57 Å². The van der Waals surface area contributed by atoms with Crippen LogP contribution in [0.4, 0.5) is 13.2 Å². The first-order valence-electron chi connectivity index (χ1n) is 4.57. The highest BCUT2D eigenvalue weighted by atomic mass is 32.2. The van der Waals surface area contributed by atoms with Crippen molar-refractivity contribution in [1.29, 1.82) is 5.26 Å². The lowest BCUT2D eigenvalue weighted by molar-refractivity contribution is -0.141. The summed E-state index contributed by atoms with van der Waals surface area (Å²) < 4.78 is 38.1. The molecule has 0 aliphatic carbocycles. The molecule has 0 aliphatic heterocycles. The van der Waals surface area contributed by atoms with Gasteiger partial charge in [-0.2, -0.15) is 18.4 Å². The van der Waals surface area contributed by atoms with Crippen LogP contribution in [0.5, 0.6) is 0 Å². The molecule has 0 saturated heterocycles. The highest BCUT2D eigenvalue weighted by Gasteiger charge is 2.33. The molecule has 0 unspecified atom stereocenters. The number of alkyl halides is 3. The SMILES string of the molecule is CSC(SC)=C(C#N)c1nccc(C(F)(F)F)n1. The van der Waals surface area contributed by atoms with Crippen molar-refractivity contribution in [2.24, 2.45) is 0 Å². The number of hydrogen-bond donors (Lipinski definition) is 0. The number of nitrogens with zero attached hydrogens (tertiary/aromatic N) is 3. The second-order valence-corrected chi connectivity index (χ2v) is 4.84. The molecular weight excluding hydrogens is 283 g/mol. The molecule has 0 bridgehead atoms. The van der Waals surface area contributed by atoms with Crippen molar-refractivity contribution in [2.45, 2.75) is 6.18 Å². The van der Waals surface area contributed by atoms with Crippen molar-refractivity contribution >= 4 is 29.1 Å². The lowest BCUT2D eigenvalue weighted by atomic mass is 10.3. The second-order valence-electron chi connectivity index (χ2n) is 2.95. The lowest BCUT2D eigenvalue weighted by Gasteiger charge is -2.07. The van der Waals surface area contributed by atoms with Crippen molar-refractivity contribution in [3.63, 3.8) is 0 Å². The van der Waals surface area contributed by atoms with Crippen LogP contribution in [0.3, 0.4) is 0 Å². The van der Waals surface area contributed by atoms with Crippen molar-refractivity contribution in [3.8, 4) is 6.07 Å². The molecule has 3 nitrogen and oxygen atoms in total. The quantitative estimate of drug-likeness (QED) is 0.799. The molecule has 18 heavy (non-hydrogen) atoms. The van der Waals surface area contributed by atoms with Gasteiger partial charge in [-0.05, 0) is 18.6 Å². The van der Waals surface area contributed by atoms with Gasteiger partial charge in [-0.15, -0.1) is 23.5 Å². The topological polar surface area (TPSA) is 49.6 Å². The summed E-state index contributed by atoms with van der Waals surface area (Å²) in [5, 5.41) is 9.01. The molecule has 96 valence electrons. The predicted octanol–water partition coefficient (Wildman–Crippen LogP) is 3.41. The van der Waals surface area contributed by atoms with Gasteiger partial charge in [0, 0.05) is 6.20 Å². The number of halogens is 3. The van der Waals surface area contributed by atoms with E-state index in [9.17, 15) is 13.2 Å². The summed E-state index contributed by atoms with van der Waals surface area (Å²) in [6.45, 7) is 0. The van der Waals surface area contributed by atoms with Crippen LogP contribution in [-0.4, -0.2) is 22.5 Å². The lowest BCUT2D eigenvalue weighted by Crippen LogP contribution is -2.10. The minimum atomic E-state index is -4.54. The van der Waals surface area contributed by atoms with Gasteiger partial charge in [0.25, 0.3) is 0 Å². The van der Waals surface area contributed by atoms with Gasteiger partial charge < -0.3 is 0 Å². The fourth-order valence-corrected chi connectivity index (χ4v) is 2.46. The number of nitriles is 1. The maximum atomic E-state index is 12.5. The molecule has 0 fully saturated rings. The largest absolute Gasteiger partial charge is 0.433 e. The van der Waals surface area contributed by atoms with E-state index in [-0.39, 0.29) is 11.4 Å². The second kappa shape index (κ2) is 6.11. The van der Waals surface area contributed by atoms with Gasteiger partial charge in [-0.1, -0.05) is 0 Å². The van der Waals surface area contributed by atoms with E-state index >= 15 is 0 Å². The minimum Gasteiger partial charge on any atom is -0.236 e. The van der Waals surface area contributed by atoms with Crippen LogP contribution >= 0.6 is 23.5 Å². The van der Waals surface area contributed by atoms with Crippen LogP contribution in [-0.2, 0) is 6.18 Å². The maximum Gasteiger partial charge on any atom is 0.433 e. The first-order chi connectivity index (χ1) is 8.43. The average Bonchev–Trinajstić information content (AvgIpc) is 2.35. The Kier molecular flexibility index (Phi) is 5.04. The summed E-state index contributed by atoms with van der Waals surface area (Å²) >= 11 is 2.54. The highest BCUT2D eigenvalue weighted by molar-refractivity contribution is 8.21. The predicted molar refractivity (Wildman–Crippen MR) is 66.6 cm³/mol. The van der Waals surface area contributed by atoms with Crippen LogP contribution < -0.4 is 0 Å². The number of allylic oxidation sites excluding steroid dienone is 1. The Labute approximate surface area is 111 Å². The van der Waals surface area contributed by atoms with E-state index in [0.29, 0.717) is 4.24 Å². The van der Waals surface area contributed by atoms with E-state index in [1.165, 1.54) is 23.5 Å². The third-order valence-electron chi connectivity index (χ3n) is 1.86. The van der Waals surface area contributed by atoms with Crippen LogP contribution in [0, 0.1) is 11.3 Å². The molecule has 0 spiro atoms. The van der Waals surface area contributed by atoms with Crippen LogP contribution in [0.15, 0.2) is 16.5 Å². The van der Waals surface area contributed by atoms with E-state index in [4.69, 9.17) is 5.26 Å². The van der Waals surface area contributed by atoms with Gasteiger partial charge in [-0.25, -0.2) is 9.97 Å². The monoisotopic (exact) mass is 291 g/mol. The van der Waals surface area contributed by atoms with Gasteiger partial charge >= 0.3 is 6.18 Å². The molecule has 0 aliphatic rings. The summed E-state index contributed by atoms with van der Waals surface area (Å²) in [6, 6.07) is 2.62. The Morgan fingerprint density at radius 3 is 2.39 bits per heavy atom. The Morgan fingerprint density at radius 1 is 1.33 bits per heavy atom. The summed E-state index contributed by atoms with van der Waals surface area (Å²) in [6.07, 6.45) is -0.0779. The molecular formula is C10H8F3N3S2. The molecule has 1 heterocycles. The van der Waals surface area contributed by atoms with E-state index in [1.807, 2.05) is 6.07 Å². The summed E-state index contributed by atoms with van der Waals surface area (Å²) in [5.74, 6) is -0.203. The van der Waals surface area contributed by atoms with E-state index in [2.05, 4.69) is 9.97 Å². The standard InChI is InChI=1S/C10H8F3N3S2/c1-17-9(18-2)6(5-14)8-15-4-3-7(16-8)10(11,12)13/h3-4H,1-2H3. The number of rotatable bonds is 3. The summed E-state index contributed by atoms with van der Waals surface area (Å²) in [7, 11) is 0. The van der Waals surface area contributed by atoms with Gasteiger partial charge in [0.05, 0.1) is 4.24 Å². The molecule has 1 aromatic rings. The first kappa shape index (κ1) is 14.9. The number of aromatic nitrogens is 2. The highest BCUT2D eigenvalue weighted by Crippen LogP contribution is 2.32. The van der Waals surface area contributed by atoms with Crippen LogP contribution in [0.1, 0.15) is 11.5 Å². The van der Waals surface area contributed by atoms with Crippen molar-refractivity contribution < 1.29 is 13.2 Å². The zero-order chi connectivity index (χ0) is 13.8. The van der Waals surface area contributed by atoms with Crippen molar-refractivity contribution in [2.75, 3.05) is 12.5 Å². The molecule has 0 atom stereocenters. The van der Waals surface area contributed by atoms with Gasteiger partial charge in [0.2, 0.25) is 0 Å². The molecule has 8 heteroatoms. The van der Waals surface area contributed by atoms with Gasteiger partial charge in [0.1, 0.15) is 17.3 Å². The van der Waals surface area contributed by atoms with Crippen LogP contribution in [0.2, 0.25) is 0 Å². The van der Waals surface area contributed by atoms with E-state index < -0.39 is 11.9 Å². The molecule has 0 aromatic carbocycles. The van der Waals surface area contributed by atoms with Crippen molar-refractivity contribution in [1.82, 2.24) is 9.97 Å². The Morgan fingerprint density at radius 2 is 1.94 bits per heavy atom. The third-order valence-corrected chi connectivity index (χ3v) is 4.01. The zero-order valence-corrected chi connectivity index (χ0v) is 11.1. The summed E-state index contributed by atoms with van der Waals surface area (Å²) in [4.78, 5) is 7.11. The molecule has 1 rings (SSSR count). The molecule has 0 amide bonds. The fraction of sp³-hybridized carbons (Fsp3) is 0.300. The fourth-order valence-electron chi connectivity index (χ4n) is 1.11. The molecule has 1 aromatic heterocycles. The summed E-state index contributed by atoms with van der Waals surface area (Å²) in [5.41, 5.74) is -0.997. The number of hydrogen-bond acceptors (Lipinski definition) is 5. The van der Waals surface area contributed by atoms with E-state index in [1.54, 1.807) is 12.5 Å². The Bertz CT molecular complexity index is 500.